The maximum absolute atomic E-state index is 4.97. The van der Waals surface area contributed by atoms with E-state index < -0.39 is 0 Å². The van der Waals surface area contributed by atoms with Crippen molar-refractivity contribution in [1.29, 1.82) is 0 Å². The van der Waals surface area contributed by atoms with Gasteiger partial charge in [-0.25, -0.2) is 4.68 Å². The number of aromatic nitrogens is 4. The highest BCUT2D eigenvalue weighted by Gasteiger charge is 2.00. The number of hydrogen-bond donors (Lipinski definition) is 0. The van der Waals surface area contributed by atoms with Crippen LogP contribution in [0.25, 0.3) is 5.82 Å². The van der Waals surface area contributed by atoms with Crippen molar-refractivity contribution in [2.75, 3.05) is 7.11 Å². The highest BCUT2D eigenvalue weighted by atomic mass is 16.5. The molecule has 0 unspecified atom stereocenters. The average Bonchev–Trinajstić information content (AvgIpc) is 2.68. The molecular formula is C9H10N4O. The molecule has 0 aliphatic rings. The van der Waals surface area contributed by atoms with Gasteiger partial charge in [-0.2, -0.15) is 10.2 Å². The zero-order valence-electron chi connectivity index (χ0n) is 7.79. The molecule has 0 saturated carbocycles. The molecule has 0 aliphatic carbocycles. The molecule has 72 valence electrons. The summed E-state index contributed by atoms with van der Waals surface area (Å²) in [6, 6.07) is 5.55. The maximum Gasteiger partial charge on any atom is 0.175 e. The van der Waals surface area contributed by atoms with Crippen molar-refractivity contribution in [2.24, 2.45) is 0 Å². The molecule has 0 aromatic carbocycles. The summed E-state index contributed by atoms with van der Waals surface area (Å²) in [4.78, 5) is 0. The van der Waals surface area contributed by atoms with E-state index in [2.05, 4.69) is 15.3 Å². The van der Waals surface area contributed by atoms with E-state index in [1.54, 1.807) is 18.0 Å². The molecule has 0 N–H and O–H groups in total. The van der Waals surface area contributed by atoms with E-state index in [9.17, 15) is 0 Å². The summed E-state index contributed by atoms with van der Waals surface area (Å²) in [5.74, 6) is 0.704. The molecule has 2 rings (SSSR count). The minimum absolute atomic E-state index is 0.507. The summed E-state index contributed by atoms with van der Waals surface area (Å²) < 4.78 is 6.63. The molecule has 5 nitrogen and oxygen atoms in total. The number of methoxy groups -OCH3 is 1. The van der Waals surface area contributed by atoms with Crippen LogP contribution in [0.2, 0.25) is 0 Å². The normalized spacial score (nSPS) is 10.4. The third-order valence-corrected chi connectivity index (χ3v) is 1.73. The largest absolute Gasteiger partial charge is 0.378 e. The fourth-order valence-corrected chi connectivity index (χ4v) is 1.13. The quantitative estimate of drug-likeness (QED) is 0.718. The highest BCUT2D eigenvalue weighted by molar-refractivity contribution is 5.18. The Bertz CT molecular complexity index is 398. The van der Waals surface area contributed by atoms with E-state index in [-0.39, 0.29) is 0 Å². The lowest BCUT2D eigenvalue weighted by Gasteiger charge is -1.97. The van der Waals surface area contributed by atoms with Crippen LogP contribution in [-0.2, 0) is 11.3 Å². The zero-order chi connectivity index (χ0) is 9.80. The second-order valence-corrected chi connectivity index (χ2v) is 2.77. The van der Waals surface area contributed by atoms with Gasteiger partial charge in [-0.1, -0.05) is 0 Å². The molecular weight excluding hydrogens is 180 g/mol. The van der Waals surface area contributed by atoms with Gasteiger partial charge in [0.25, 0.3) is 0 Å². The molecule has 2 heterocycles. The summed E-state index contributed by atoms with van der Waals surface area (Å²) in [6.45, 7) is 0.507. The van der Waals surface area contributed by atoms with Crippen LogP contribution in [0.5, 0.6) is 0 Å². The first kappa shape index (κ1) is 8.83. The van der Waals surface area contributed by atoms with Crippen LogP contribution in [0.15, 0.2) is 30.6 Å². The van der Waals surface area contributed by atoms with Crippen molar-refractivity contribution < 1.29 is 4.74 Å². The number of ether oxygens (including phenoxy) is 1. The van der Waals surface area contributed by atoms with Gasteiger partial charge < -0.3 is 4.74 Å². The van der Waals surface area contributed by atoms with Crippen LogP contribution < -0.4 is 0 Å². The van der Waals surface area contributed by atoms with Crippen molar-refractivity contribution in [3.05, 3.63) is 36.3 Å². The Morgan fingerprint density at radius 2 is 2.36 bits per heavy atom. The Hall–Kier alpha value is -1.75. The fraction of sp³-hybridized carbons (Fsp3) is 0.222. The molecule has 14 heavy (non-hydrogen) atoms. The maximum atomic E-state index is 4.97. The monoisotopic (exact) mass is 190 g/mol. The van der Waals surface area contributed by atoms with E-state index in [4.69, 9.17) is 4.74 Å². The molecule has 0 aliphatic heterocycles. The molecule has 0 atom stereocenters. The van der Waals surface area contributed by atoms with E-state index >= 15 is 0 Å². The third-order valence-electron chi connectivity index (χ3n) is 1.73. The Labute approximate surface area is 81.3 Å². The van der Waals surface area contributed by atoms with E-state index in [0.29, 0.717) is 12.4 Å². The highest BCUT2D eigenvalue weighted by Crippen LogP contribution is 2.03. The number of rotatable bonds is 3. The molecule has 2 aromatic rings. The lowest BCUT2D eigenvalue weighted by Crippen LogP contribution is -2.00. The summed E-state index contributed by atoms with van der Waals surface area (Å²) in [5, 5.41) is 12.0. The number of nitrogens with zero attached hydrogens (tertiary/aromatic N) is 4. The molecule has 0 fully saturated rings. The summed E-state index contributed by atoms with van der Waals surface area (Å²) in [5.41, 5.74) is 0.873. The molecule has 0 bridgehead atoms. The van der Waals surface area contributed by atoms with Gasteiger partial charge in [-0.15, -0.1) is 5.10 Å². The standard InChI is InChI=1S/C9H10N4O/c1-14-7-8-4-6-13(12-8)9-3-2-5-10-11-9/h2-6H,7H2,1H3. The Kier molecular flexibility index (Phi) is 2.51. The lowest BCUT2D eigenvalue weighted by molar-refractivity contribution is 0.181. The Morgan fingerprint density at radius 3 is 3.07 bits per heavy atom. The first-order valence-electron chi connectivity index (χ1n) is 4.22. The van der Waals surface area contributed by atoms with Crippen molar-refractivity contribution in [3.8, 4) is 5.82 Å². The first-order chi connectivity index (χ1) is 6.90. The minimum Gasteiger partial charge on any atom is -0.378 e. The summed E-state index contributed by atoms with van der Waals surface area (Å²) >= 11 is 0. The van der Waals surface area contributed by atoms with Gasteiger partial charge in [0.1, 0.15) is 0 Å². The van der Waals surface area contributed by atoms with Gasteiger partial charge in [0.2, 0.25) is 0 Å². The zero-order valence-corrected chi connectivity index (χ0v) is 7.79. The van der Waals surface area contributed by atoms with Crippen LogP contribution in [0, 0.1) is 0 Å². The van der Waals surface area contributed by atoms with Crippen molar-refractivity contribution in [1.82, 2.24) is 20.0 Å². The molecule has 2 aromatic heterocycles. The molecule has 5 heteroatoms. The van der Waals surface area contributed by atoms with Crippen LogP contribution in [0.1, 0.15) is 5.69 Å². The average molecular weight is 190 g/mol. The van der Waals surface area contributed by atoms with E-state index in [1.165, 1.54) is 0 Å². The summed E-state index contributed by atoms with van der Waals surface area (Å²) in [6.07, 6.45) is 3.46. The van der Waals surface area contributed by atoms with E-state index in [0.717, 1.165) is 5.69 Å². The SMILES string of the molecule is COCc1ccn(-c2cccnn2)n1. The van der Waals surface area contributed by atoms with Gasteiger partial charge in [-0.3, -0.25) is 0 Å². The second kappa shape index (κ2) is 3.97. The second-order valence-electron chi connectivity index (χ2n) is 2.77. The predicted octanol–water partition coefficient (Wildman–Crippen LogP) is 0.809. The smallest absolute Gasteiger partial charge is 0.175 e. The topological polar surface area (TPSA) is 52.8 Å². The molecule has 0 spiro atoms. The van der Waals surface area contributed by atoms with Crippen molar-refractivity contribution in [2.45, 2.75) is 6.61 Å². The fourth-order valence-electron chi connectivity index (χ4n) is 1.13. The van der Waals surface area contributed by atoms with Crippen molar-refractivity contribution >= 4 is 0 Å². The Balaban J connectivity index is 2.25. The molecule has 0 amide bonds. The van der Waals surface area contributed by atoms with Crippen LogP contribution in [0.3, 0.4) is 0 Å². The van der Waals surface area contributed by atoms with Gasteiger partial charge >= 0.3 is 0 Å². The Morgan fingerprint density at radius 1 is 1.43 bits per heavy atom. The predicted molar refractivity (Wildman–Crippen MR) is 49.9 cm³/mol. The molecule has 0 saturated heterocycles. The van der Waals surface area contributed by atoms with E-state index in [1.807, 2.05) is 24.4 Å². The minimum atomic E-state index is 0.507. The van der Waals surface area contributed by atoms with Gasteiger partial charge in [-0.05, 0) is 18.2 Å². The first-order valence-corrected chi connectivity index (χ1v) is 4.22. The van der Waals surface area contributed by atoms with Crippen LogP contribution >= 0.6 is 0 Å². The number of hydrogen-bond acceptors (Lipinski definition) is 4. The third kappa shape index (κ3) is 1.77. The van der Waals surface area contributed by atoms with Gasteiger partial charge in [0, 0.05) is 19.5 Å². The van der Waals surface area contributed by atoms with Crippen molar-refractivity contribution in [3.63, 3.8) is 0 Å². The summed E-state index contributed by atoms with van der Waals surface area (Å²) in [7, 11) is 1.64. The van der Waals surface area contributed by atoms with Gasteiger partial charge in [0.05, 0.1) is 12.3 Å². The van der Waals surface area contributed by atoms with Gasteiger partial charge in [0.15, 0.2) is 5.82 Å². The molecule has 0 radical (unpaired) electrons. The van der Waals surface area contributed by atoms with Crippen LogP contribution in [0.4, 0.5) is 0 Å². The lowest BCUT2D eigenvalue weighted by atomic mass is 10.5. The van der Waals surface area contributed by atoms with Crippen LogP contribution in [-0.4, -0.2) is 27.1 Å².